The first kappa shape index (κ1) is 16.7. The van der Waals surface area contributed by atoms with E-state index >= 15 is 0 Å². The second-order valence-electron chi connectivity index (χ2n) is 4.22. The van der Waals surface area contributed by atoms with Gasteiger partial charge in [-0.15, -0.1) is 12.4 Å². The fraction of sp³-hybridized carbons (Fsp3) is 0.500. The average Bonchev–Trinajstić information content (AvgIpc) is 2.81. The molecular formula is C12H15ClF3NO3. The lowest BCUT2D eigenvalue weighted by Gasteiger charge is -2.15. The Hall–Kier alpha value is -1.34. The van der Waals surface area contributed by atoms with Crippen molar-refractivity contribution in [2.24, 2.45) is 5.73 Å². The molecule has 1 aliphatic heterocycles. The van der Waals surface area contributed by atoms with Crippen LogP contribution >= 0.6 is 12.4 Å². The van der Waals surface area contributed by atoms with Gasteiger partial charge >= 0.3 is 6.18 Å². The summed E-state index contributed by atoms with van der Waals surface area (Å²) >= 11 is 0. The third-order valence-corrected chi connectivity index (χ3v) is 2.85. The van der Waals surface area contributed by atoms with Gasteiger partial charge in [0.1, 0.15) is 0 Å². The van der Waals surface area contributed by atoms with Gasteiger partial charge in [-0.05, 0) is 24.1 Å². The van der Waals surface area contributed by atoms with E-state index in [9.17, 15) is 13.2 Å². The lowest BCUT2D eigenvalue weighted by molar-refractivity contribution is -0.136. The maximum atomic E-state index is 12.2. The quantitative estimate of drug-likeness (QED) is 0.927. The van der Waals surface area contributed by atoms with Crippen molar-refractivity contribution in [3.05, 3.63) is 17.7 Å². The molecule has 1 aliphatic rings. The van der Waals surface area contributed by atoms with Crippen LogP contribution in [0.15, 0.2) is 12.1 Å². The van der Waals surface area contributed by atoms with Gasteiger partial charge in [0.25, 0.3) is 0 Å². The van der Waals surface area contributed by atoms with Gasteiger partial charge in [0.2, 0.25) is 12.5 Å². The topological polar surface area (TPSA) is 53.7 Å². The van der Waals surface area contributed by atoms with Crippen LogP contribution in [-0.4, -0.2) is 20.1 Å². The monoisotopic (exact) mass is 313 g/mol. The summed E-state index contributed by atoms with van der Waals surface area (Å²) in [5.41, 5.74) is 6.30. The van der Waals surface area contributed by atoms with Crippen molar-refractivity contribution in [3.63, 3.8) is 0 Å². The third kappa shape index (κ3) is 3.83. The summed E-state index contributed by atoms with van der Waals surface area (Å²) in [6.07, 6.45) is -5.32. The van der Waals surface area contributed by atoms with E-state index in [4.69, 9.17) is 19.9 Å². The lowest BCUT2D eigenvalue weighted by Crippen LogP contribution is -2.15. The van der Waals surface area contributed by atoms with Crippen molar-refractivity contribution in [2.45, 2.75) is 25.1 Å². The molecule has 0 amide bonds. The molecule has 1 aromatic rings. The number of alkyl halides is 3. The highest BCUT2D eigenvalue weighted by atomic mass is 35.5. The maximum absolute atomic E-state index is 12.2. The predicted molar refractivity (Wildman–Crippen MR) is 68.6 cm³/mol. The van der Waals surface area contributed by atoms with Crippen LogP contribution < -0.4 is 19.9 Å². The van der Waals surface area contributed by atoms with E-state index in [1.165, 1.54) is 7.11 Å². The summed E-state index contributed by atoms with van der Waals surface area (Å²) in [5, 5.41) is 0. The van der Waals surface area contributed by atoms with Gasteiger partial charge in [-0.25, -0.2) is 0 Å². The lowest BCUT2D eigenvalue weighted by atomic mass is 10.0. The molecular weight excluding hydrogens is 299 g/mol. The summed E-state index contributed by atoms with van der Waals surface area (Å²) in [4.78, 5) is 0. The molecule has 0 unspecified atom stereocenters. The van der Waals surface area contributed by atoms with E-state index in [-0.39, 0.29) is 25.6 Å². The molecule has 20 heavy (non-hydrogen) atoms. The number of hydrogen-bond donors (Lipinski definition) is 1. The molecule has 0 bridgehead atoms. The highest BCUT2D eigenvalue weighted by molar-refractivity contribution is 5.85. The minimum atomic E-state index is -4.21. The second-order valence-corrected chi connectivity index (χ2v) is 4.22. The largest absolute Gasteiger partial charge is 0.493 e. The number of rotatable bonds is 4. The molecule has 0 saturated heterocycles. The fourth-order valence-corrected chi connectivity index (χ4v) is 1.85. The predicted octanol–water partition coefficient (Wildman–Crippen LogP) is 3.19. The Labute approximate surface area is 120 Å². The first-order valence-corrected chi connectivity index (χ1v) is 5.70. The van der Waals surface area contributed by atoms with E-state index in [1.807, 2.05) is 0 Å². The zero-order chi connectivity index (χ0) is 14.0. The molecule has 0 radical (unpaired) electrons. The van der Waals surface area contributed by atoms with E-state index in [0.29, 0.717) is 22.8 Å². The SMILES string of the molecule is COc1cc([C@@H](N)CCC(F)(F)F)cc2c1OCO2.Cl. The second kappa shape index (κ2) is 6.41. The van der Waals surface area contributed by atoms with Crippen molar-refractivity contribution in [1.82, 2.24) is 0 Å². The highest BCUT2D eigenvalue weighted by Gasteiger charge is 2.29. The minimum absolute atomic E-state index is 0. The number of fused-ring (bicyclic) bond motifs is 1. The Balaban J connectivity index is 0.00000200. The van der Waals surface area contributed by atoms with Crippen LogP contribution in [-0.2, 0) is 0 Å². The van der Waals surface area contributed by atoms with Gasteiger partial charge in [0, 0.05) is 12.5 Å². The molecule has 2 rings (SSSR count). The molecule has 1 aromatic carbocycles. The van der Waals surface area contributed by atoms with Crippen LogP contribution in [0.3, 0.4) is 0 Å². The Morgan fingerprint density at radius 3 is 2.65 bits per heavy atom. The zero-order valence-electron chi connectivity index (χ0n) is 10.7. The minimum Gasteiger partial charge on any atom is -0.493 e. The van der Waals surface area contributed by atoms with Crippen LogP contribution in [0.5, 0.6) is 17.2 Å². The first-order valence-electron chi connectivity index (χ1n) is 5.70. The summed E-state index contributed by atoms with van der Waals surface area (Å²) in [6, 6.07) is 2.44. The Morgan fingerprint density at radius 1 is 1.35 bits per heavy atom. The normalized spacial score (nSPS) is 14.7. The number of ether oxygens (including phenoxy) is 3. The molecule has 0 aliphatic carbocycles. The molecule has 1 atom stereocenters. The van der Waals surface area contributed by atoms with E-state index in [1.54, 1.807) is 12.1 Å². The molecule has 0 aromatic heterocycles. The molecule has 0 spiro atoms. The number of benzene rings is 1. The summed E-state index contributed by atoms with van der Waals surface area (Å²) in [5.74, 6) is 1.30. The molecule has 0 saturated carbocycles. The molecule has 4 nitrogen and oxygen atoms in total. The van der Waals surface area contributed by atoms with Gasteiger partial charge in [-0.3, -0.25) is 0 Å². The van der Waals surface area contributed by atoms with Crippen LogP contribution in [0.25, 0.3) is 0 Å². The third-order valence-electron chi connectivity index (χ3n) is 2.85. The highest BCUT2D eigenvalue weighted by Crippen LogP contribution is 2.43. The summed E-state index contributed by atoms with van der Waals surface area (Å²) in [7, 11) is 1.45. The Morgan fingerprint density at radius 2 is 2.05 bits per heavy atom. The smallest absolute Gasteiger partial charge is 0.389 e. The van der Waals surface area contributed by atoms with Crippen molar-refractivity contribution >= 4 is 12.4 Å². The van der Waals surface area contributed by atoms with Crippen molar-refractivity contribution in [1.29, 1.82) is 0 Å². The van der Waals surface area contributed by atoms with Gasteiger partial charge in [0.05, 0.1) is 7.11 Å². The zero-order valence-corrected chi connectivity index (χ0v) is 11.5. The van der Waals surface area contributed by atoms with Crippen molar-refractivity contribution < 1.29 is 27.4 Å². The number of halogens is 4. The van der Waals surface area contributed by atoms with E-state index in [2.05, 4.69) is 0 Å². The maximum Gasteiger partial charge on any atom is 0.389 e. The van der Waals surface area contributed by atoms with Crippen LogP contribution in [0, 0.1) is 0 Å². The number of nitrogens with two attached hydrogens (primary N) is 1. The van der Waals surface area contributed by atoms with Crippen molar-refractivity contribution in [2.75, 3.05) is 13.9 Å². The number of methoxy groups -OCH3 is 1. The van der Waals surface area contributed by atoms with Gasteiger partial charge in [-0.2, -0.15) is 13.2 Å². The molecule has 2 N–H and O–H groups in total. The molecule has 8 heteroatoms. The van der Waals surface area contributed by atoms with E-state index < -0.39 is 18.6 Å². The van der Waals surface area contributed by atoms with E-state index in [0.717, 1.165) is 0 Å². The summed E-state index contributed by atoms with van der Waals surface area (Å²) in [6.45, 7) is 0.0624. The van der Waals surface area contributed by atoms with Gasteiger partial charge < -0.3 is 19.9 Å². The molecule has 1 heterocycles. The fourth-order valence-electron chi connectivity index (χ4n) is 1.85. The van der Waals surface area contributed by atoms with Crippen LogP contribution in [0.4, 0.5) is 13.2 Å². The van der Waals surface area contributed by atoms with Gasteiger partial charge in [-0.1, -0.05) is 0 Å². The van der Waals surface area contributed by atoms with Gasteiger partial charge in [0.15, 0.2) is 11.5 Å². The Kier molecular flexibility index (Phi) is 5.35. The Bertz CT molecular complexity index is 468. The average molecular weight is 314 g/mol. The summed E-state index contributed by atoms with van der Waals surface area (Å²) < 4.78 is 52.0. The van der Waals surface area contributed by atoms with Crippen LogP contribution in [0.1, 0.15) is 24.4 Å². The van der Waals surface area contributed by atoms with Crippen molar-refractivity contribution in [3.8, 4) is 17.2 Å². The first-order chi connectivity index (χ1) is 8.90. The number of hydrogen-bond acceptors (Lipinski definition) is 4. The standard InChI is InChI=1S/C12H14F3NO3.ClH/c1-17-9-4-7(5-10-11(9)19-6-18-10)8(16)2-3-12(13,14)15;/h4-5,8H,2-3,6,16H2,1H3;1H/t8-;/m0./s1. The molecule has 0 fully saturated rings. The molecule has 114 valence electrons. The van der Waals surface area contributed by atoms with Crippen LogP contribution in [0.2, 0.25) is 0 Å².